The molecular formula is C9H15N3O5. The van der Waals surface area contributed by atoms with Gasteiger partial charge in [0.25, 0.3) is 0 Å². The van der Waals surface area contributed by atoms with Gasteiger partial charge in [-0.2, -0.15) is 5.01 Å². The van der Waals surface area contributed by atoms with Crippen LogP contribution in [0.3, 0.4) is 0 Å². The number of hydrogen-bond donors (Lipinski definition) is 1. The molecule has 2 heterocycles. The van der Waals surface area contributed by atoms with Gasteiger partial charge in [0.05, 0.1) is 18.4 Å². The molecule has 96 valence electrons. The van der Waals surface area contributed by atoms with Gasteiger partial charge in [0.15, 0.2) is 5.79 Å². The number of fused-ring (bicyclic) bond motifs is 1. The lowest BCUT2D eigenvalue weighted by atomic mass is 10.1. The minimum Gasteiger partial charge on any atom is -0.371 e. The van der Waals surface area contributed by atoms with E-state index < -0.39 is 17.9 Å². The first-order valence-corrected chi connectivity index (χ1v) is 5.30. The highest BCUT2D eigenvalue weighted by atomic mass is 16.8. The standard InChI is InChI=1S/C9H15N3O5/c1-9(2)16-6-4-15-5(7(6)17-9)3-12(11-14)8(10)13/h5-7H,3-4H2,1-2H3,(H2,10,13)/t5-,6-,7-/m0/s1. The van der Waals surface area contributed by atoms with Crippen molar-refractivity contribution in [3.63, 3.8) is 0 Å². The van der Waals surface area contributed by atoms with E-state index in [1.165, 1.54) is 0 Å². The summed E-state index contributed by atoms with van der Waals surface area (Å²) in [7, 11) is 0. The second-order valence-electron chi connectivity index (χ2n) is 4.51. The van der Waals surface area contributed by atoms with Crippen molar-refractivity contribution in [1.29, 1.82) is 0 Å². The topological polar surface area (TPSA) is 103 Å². The largest absolute Gasteiger partial charge is 0.371 e. The highest BCUT2D eigenvalue weighted by Crippen LogP contribution is 2.35. The summed E-state index contributed by atoms with van der Waals surface area (Å²) in [5.41, 5.74) is 4.98. The Morgan fingerprint density at radius 3 is 2.82 bits per heavy atom. The third-order valence-electron chi connectivity index (χ3n) is 2.77. The van der Waals surface area contributed by atoms with Gasteiger partial charge < -0.3 is 19.9 Å². The van der Waals surface area contributed by atoms with Crippen molar-refractivity contribution in [1.82, 2.24) is 5.01 Å². The smallest absolute Gasteiger partial charge is 0.337 e. The van der Waals surface area contributed by atoms with Gasteiger partial charge in [0.1, 0.15) is 18.3 Å². The highest BCUT2D eigenvalue weighted by Gasteiger charge is 2.50. The molecule has 2 N–H and O–H groups in total. The van der Waals surface area contributed by atoms with Crippen LogP contribution >= 0.6 is 0 Å². The van der Waals surface area contributed by atoms with Gasteiger partial charge in [-0.3, -0.25) is 0 Å². The van der Waals surface area contributed by atoms with Crippen molar-refractivity contribution < 1.29 is 19.0 Å². The van der Waals surface area contributed by atoms with Gasteiger partial charge >= 0.3 is 6.03 Å². The second-order valence-corrected chi connectivity index (χ2v) is 4.51. The first-order chi connectivity index (χ1) is 7.93. The van der Waals surface area contributed by atoms with Crippen LogP contribution in [-0.4, -0.2) is 48.3 Å². The fraction of sp³-hybridized carbons (Fsp3) is 0.889. The van der Waals surface area contributed by atoms with Crippen LogP contribution < -0.4 is 5.73 Å². The highest BCUT2D eigenvalue weighted by molar-refractivity contribution is 5.71. The van der Waals surface area contributed by atoms with E-state index in [9.17, 15) is 9.70 Å². The number of nitrogens with zero attached hydrogens (tertiary/aromatic N) is 2. The molecule has 0 radical (unpaired) electrons. The van der Waals surface area contributed by atoms with Gasteiger partial charge in [-0.25, -0.2) is 4.79 Å². The monoisotopic (exact) mass is 245 g/mol. The fourth-order valence-electron chi connectivity index (χ4n) is 2.11. The zero-order valence-electron chi connectivity index (χ0n) is 9.66. The molecule has 0 aromatic carbocycles. The number of hydrogen-bond acceptors (Lipinski definition) is 6. The SMILES string of the molecule is CC1(C)O[C@H]2[C@H](CN(N=O)C(N)=O)OC[C@@H]2O1. The average Bonchev–Trinajstić information content (AvgIpc) is 2.70. The lowest BCUT2D eigenvalue weighted by Crippen LogP contribution is -2.42. The molecule has 2 saturated heterocycles. The Hall–Kier alpha value is -1.25. The normalized spacial score (nSPS) is 34.4. The van der Waals surface area contributed by atoms with Gasteiger partial charge in [-0.15, -0.1) is 4.91 Å². The predicted molar refractivity (Wildman–Crippen MR) is 55.6 cm³/mol. The number of amides is 2. The molecule has 0 aromatic heterocycles. The first-order valence-electron chi connectivity index (χ1n) is 5.30. The van der Waals surface area contributed by atoms with Crippen molar-refractivity contribution in [2.24, 2.45) is 11.0 Å². The third kappa shape index (κ3) is 2.38. The average molecular weight is 245 g/mol. The lowest BCUT2D eigenvalue weighted by Gasteiger charge is -2.23. The van der Waals surface area contributed by atoms with E-state index in [-0.39, 0.29) is 18.8 Å². The molecule has 0 unspecified atom stereocenters. The van der Waals surface area contributed by atoms with Crippen molar-refractivity contribution in [2.75, 3.05) is 13.2 Å². The Balaban J connectivity index is 1.99. The van der Waals surface area contributed by atoms with Crippen molar-refractivity contribution in [2.45, 2.75) is 37.9 Å². The molecule has 2 aliphatic heterocycles. The van der Waals surface area contributed by atoms with E-state index >= 15 is 0 Å². The summed E-state index contributed by atoms with van der Waals surface area (Å²) in [4.78, 5) is 21.3. The van der Waals surface area contributed by atoms with Gasteiger partial charge in [-0.1, -0.05) is 0 Å². The number of carbonyl (C=O) groups is 1. The molecule has 0 aromatic rings. The summed E-state index contributed by atoms with van der Waals surface area (Å²) in [5, 5.41) is 3.15. The summed E-state index contributed by atoms with van der Waals surface area (Å²) in [6.45, 7) is 3.93. The molecule has 3 atom stereocenters. The minimum atomic E-state index is -0.912. The molecule has 0 spiro atoms. The molecular weight excluding hydrogens is 230 g/mol. The molecule has 2 amide bonds. The molecule has 0 bridgehead atoms. The van der Waals surface area contributed by atoms with E-state index in [1.807, 2.05) is 0 Å². The number of nitrogens with two attached hydrogens (primary N) is 1. The van der Waals surface area contributed by atoms with Crippen LogP contribution in [0.1, 0.15) is 13.8 Å². The van der Waals surface area contributed by atoms with Crippen LogP contribution in [-0.2, 0) is 14.2 Å². The van der Waals surface area contributed by atoms with Crippen LogP contribution in [0.15, 0.2) is 5.29 Å². The molecule has 2 fully saturated rings. The predicted octanol–water partition coefficient (Wildman–Crippen LogP) is -0.0326. The van der Waals surface area contributed by atoms with Crippen molar-refractivity contribution >= 4 is 6.03 Å². The Morgan fingerprint density at radius 2 is 2.24 bits per heavy atom. The number of rotatable bonds is 3. The quantitative estimate of drug-likeness (QED) is 0.555. The number of ether oxygens (including phenoxy) is 3. The van der Waals surface area contributed by atoms with E-state index in [4.69, 9.17) is 19.9 Å². The number of urea groups is 1. The summed E-state index contributed by atoms with van der Waals surface area (Å²) in [6, 6.07) is -0.912. The lowest BCUT2D eigenvalue weighted by molar-refractivity contribution is -0.175. The van der Waals surface area contributed by atoms with Gasteiger partial charge in [0, 0.05) is 0 Å². The molecule has 0 aliphatic carbocycles. The fourth-order valence-corrected chi connectivity index (χ4v) is 2.11. The van der Waals surface area contributed by atoms with Crippen LogP contribution in [0, 0.1) is 4.91 Å². The molecule has 0 saturated carbocycles. The van der Waals surface area contributed by atoms with E-state index in [2.05, 4.69) is 5.29 Å². The van der Waals surface area contributed by atoms with Crippen LogP contribution in [0.2, 0.25) is 0 Å². The molecule has 2 rings (SSSR count). The molecule has 17 heavy (non-hydrogen) atoms. The Morgan fingerprint density at radius 1 is 1.53 bits per heavy atom. The first kappa shape index (κ1) is 12.2. The van der Waals surface area contributed by atoms with Crippen LogP contribution in [0.4, 0.5) is 4.79 Å². The molecule has 2 aliphatic rings. The molecule has 8 nitrogen and oxygen atoms in total. The van der Waals surface area contributed by atoms with Crippen molar-refractivity contribution in [3.05, 3.63) is 4.91 Å². The maximum absolute atomic E-state index is 10.9. The maximum atomic E-state index is 10.9. The van der Waals surface area contributed by atoms with Gasteiger partial charge in [0.2, 0.25) is 0 Å². The summed E-state index contributed by atoms with van der Waals surface area (Å²) >= 11 is 0. The number of nitroso groups, excluding NO2 is 1. The van der Waals surface area contributed by atoms with Gasteiger partial charge in [-0.05, 0) is 13.8 Å². The minimum absolute atomic E-state index is 0.0283. The second kappa shape index (κ2) is 4.21. The summed E-state index contributed by atoms with van der Waals surface area (Å²) < 4.78 is 16.6. The van der Waals surface area contributed by atoms with E-state index in [1.54, 1.807) is 13.8 Å². The van der Waals surface area contributed by atoms with Crippen LogP contribution in [0.25, 0.3) is 0 Å². The number of carbonyl (C=O) groups excluding carboxylic acids is 1. The Labute approximate surface area is 97.9 Å². The Bertz CT molecular complexity index is 335. The number of primary amides is 1. The zero-order valence-corrected chi connectivity index (χ0v) is 9.66. The third-order valence-corrected chi connectivity index (χ3v) is 2.77. The summed E-state index contributed by atoms with van der Waals surface area (Å²) in [5.74, 6) is -0.677. The summed E-state index contributed by atoms with van der Waals surface area (Å²) in [6.07, 6.45) is -0.947. The Kier molecular flexibility index (Phi) is 3.02. The van der Waals surface area contributed by atoms with E-state index in [0.29, 0.717) is 11.6 Å². The van der Waals surface area contributed by atoms with Crippen LogP contribution in [0.5, 0.6) is 0 Å². The zero-order chi connectivity index (χ0) is 12.6. The maximum Gasteiger partial charge on any atom is 0.337 e. The molecule has 8 heteroatoms. The van der Waals surface area contributed by atoms with Crippen molar-refractivity contribution in [3.8, 4) is 0 Å². The van der Waals surface area contributed by atoms with E-state index in [0.717, 1.165) is 0 Å².